The summed E-state index contributed by atoms with van der Waals surface area (Å²) in [6, 6.07) is 16.3. The van der Waals surface area contributed by atoms with Crippen LogP contribution in [0.5, 0.6) is 5.75 Å². The molecule has 1 saturated heterocycles. The second kappa shape index (κ2) is 8.94. The van der Waals surface area contributed by atoms with Crippen molar-refractivity contribution in [2.75, 3.05) is 44.7 Å². The largest absolute Gasteiger partial charge is 0.495 e. The normalized spacial score (nSPS) is 14.6. The Morgan fingerprint density at radius 3 is 2.35 bits per heavy atom. The Balaban J connectivity index is 1.43. The summed E-state index contributed by atoms with van der Waals surface area (Å²) < 4.78 is 20.8. The molecule has 162 valence electrons. The quantitative estimate of drug-likeness (QED) is 0.558. The molecule has 4 rings (SSSR count). The van der Waals surface area contributed by atoms with Gasteiger partial charge < -0.3 is 14.2 Å². The van der Waals surface area contributed by atoms with Gasteiger partial charge in [-0.3, -0.25) is 9.69 Å². The first-order valence-electron chi connectivity index (χ1n) is 10.6. The van der Waals surface area contributed by atoms with Crippen LogP contribution in [0.2, 0.25) is 0 Å². The molecule has 0 bridgehead atoms. The van der Waals surface area contributed by atoms with E-state index >= 15 is 0 Å². The molecule has 0 N–H and O–H groups in total. The van der Waals surface area contributed by atoms with Crippen LogP contribution in [0.15, 0.2) is 54.6 Å². The van der Waals surface area contributed by atoms with Crippen molar-refractivity contribution in [3.8, 4) is 11.4 Å². The van der Waals surface area contributed by atoms with Crippen molar-refractivity contribution >= 4 is 11.5 Å². The third kappa shape index (κ3) is 4.35. The lowest BCUT2D eigenvalue weighted by atomic mass is 10.1. The SMILES string of the molecule is COc1ccccc1N1CCN(CC(=O)c2cc(C)n(-c3ccc(F)cc3)c2C)CC1. The van der Waals surface area contributed by atoms with Crippen LogP contribution in [0.1, 0.15) is 21.7 Å². The van der Waals surface area contributed by atoms with E-state index in [-0.39, 0.29) is 11.6 Å². The number of carbonyl (C=O) groups excluding carboxylic acids is 1. The molecular weight excluding hydrogens is 393 g/mol. The van der Waals surface area contributed by atoms with Crippen LogP contribution in [-0.4, -0.2) is 55.1 Å². The number of piperazine rings is 1. The molecule has 1 aliphatic rings. The van der Waals surface area contributed by atoms with Crippen LogP contribution < -0.4 is 9.64 Å². The number of halogens is 1. The first-order valence-corrected chi connectivity index (χ1v) is 10.6. The molecule has 3 aromatic rings. The minimum atomic E-state index is -0.269. The summed E-state index contributed by atoms with van der Waals surface area (Å²) in [5.41, 5.74) is 4.55. The molecule has 0 amide bonds. The maximum atomic E-state index is 13.3. The number of hydrogen-bond acceptors (Lipinski definition) is 4. The van der Waals surface area contributed by atoms with Gasteiger partial charge in [-0.1, -0.05) is 12.1 Å². The number of nitrogens with zero attached hydrogens (tertiary/aromatic N) is 3. The van der Waals surface area contributed by atoms with Gasteiger partial charge in [0.25, 0.3) is 0 Å². The highest BCUT2D eigenvalue weighted by Gasteiger charge is 2.23. The molecule has 0 saturated carbocycles. The lowest BCUT2D eigenvalue weighted by molar-refractivity contribution is 0.0925. The summed E-state index contributed by atoms with van der Waals surface area (Å²) in [6.07, 6.45) is 0. The fourth-order valence-corrected chi connectivity index (χ4v) is 4.36. The maximum absolute atomic E-state index is 13.3. The van der Waals surface area contributed by atoms with Crippen LogP contribution in [-0.2, 0) is 0 Å². The lowest BCUT2D eigenvalue weighted by Gasteiger charge is -2.36. The first kappa shape index (κ1) is 21.1. The van der Waals surface area contributed by atoms with Crippen LogP contribution in [0.25, 0.3) is 5.69 Å². The third-order valence-electron chi connectivity index (χ3n) is 5.98. The molecular formula is C25H28FN3O2. The number of carbonyl (C=O) groups is 1. The molecule has 1 fully saturated rings. The molecule has 0 atom stereocenters. The van der Waals surface area contributed by atoms with Crippen molar-refractivity contribution in [1.82, 2.24) is 9.47 Å². The smallest absolute Gasteiger partial charge is 0.178 e. The third-order valence-corrected chi connectivity index (χ3v) is 5.98. The van der Waals surface area contributed by atoms with Gasteiger partial charge in [0.2, 0.25) is 0 Å². The number of ether oxygens (including phenoxy) is 1. The fraction of sp³-hybridized carbons (Fsp3) is 0.320. The van der Waals surface area contributed by atoms with E-state index < -0.39 is 0 Å². The monoisotopic (exact) mass is 421 g/mol. The van der Waals surface area contributed by atoms with Gasteiger partial charge in [0.05, 0.1) is 19.3 Å². The molecule has 6 heteroatoms. The van der Waals surface area contributed by atoms with Gasteiger partial charge in [0.15, 0.2) is 5.78 Å². The van der Waals surface area contributed by atoms with E-state index in [4.69, 9.17) is 4.74 Å². The summed E-state index contributed by atoms with van der Waals surface area (Å²) in [7, 11) is 1.69. The summed E-state index contributed by atoms with van der Waals surface area (Å²) in [4.78, 5) is 17.6. The number of Topliss-reactive ketones (excluding diaryl/α,β-unsaturated/α-hetero) is 1. The number of benzene rings is 2. The number of rotatable bonds is 6. The summed E-state index contributed by atoms with van der Waals surface area (Å²) in [5.74, 6) is 0.724. The Morgan fingerprint density at radius 2 is 1.68 bits per heavy atom. The fourth-order valence-electron chi connectivity index (χ4n) is 4.36. The van der Waals surface area contributed by atoms with Crippen LogP contribution >= 0.6 is 0 Å². The van der Waals surface area contributed by atoms with Crippen molar-refractivity contribution in [3.63, 3.8) is 0 Å². The first-order chi connectivity index (χ1) is 15.0. The van der Waals surface area contributed by atoms with Crippen molar-refractivity contribution in [1.29, 1.82) is 0 Å². The Hall–Kier alpha value is -3.12. The summed E-state index contributed by atoms with van der Waals surface area (Å²) in [6.45, 7) is 7.65. The number of para-hydroxylation sites is 2. The van der Waals surface area contributed by atoms with E-state index in [0.717, 1.165) is 60.3 Å². The Bertz CT molecular complexity index is 1070. The van der Waals surface area contributed by atoms with Gasteiger partial charge >= 0.3 is 0 Å². The number of aromatic nitrogens is 1. The van der Waals surface area contributed by atoms with E-state index in [2.05, 4.69) is 15.9 Å². The van der Waals surface area contributed by atoms with Gasteiger partial charge in [-0.05, 0) is 56.3 Å². The molecule has 0 unspecified atom stereocenters. The minimum Gasteiger partial charge on any atom is -0.495 e. The van der Waals surface area contributed by atoms with E-state index in [9.17, 15) is 9.18 Å². The molecule has 0 radical (unpaired) electrons. The van der Waals surface area contributed by atoms with Gasteiger partial charge in [-0.15, -0.1) is 0 Å². The van der Waals surface area contributed by atoms with Gasteiger partial charge in [0, 0.05) is 48.8 Å². The predicted octanol–water partition coefficient (Wildman–Crippen LogP) is 4.25. The van der Waals surface area contributed by atoms with E-state index in [1.165, 1.54) is 12.1 Å². The second-order valence-electron chi connectivity index (χ2n) is 7.95. The van der Waals surface area contributed by atoms with E-state index in [0.29, 0.717) is 6.54 Å². The molecule has 31 heavy (non-hydrogen) atoms. The van der Waals surface area contributed by atoms with Crippen LogP contribution in [0.3, 0.4) is 0 Å². The highest BCUT2D eigenvalue weighted by molar-refractivity contribution is 5.99. The summed E-state index contributed by atoms with van der Waals surface area (Å²) >= 11 is 0. The minimum absolute atomic E-state index is 0.118. The number of hydrogen-bond donors (Lipinski definition) is 0. The van der Waals surface area contributed by atoms with E-state index in [1.807, 2.05) is 42.7 Å². The zero-order chi connectivity index (χ0) is 22.0. The number of ketones is 1. The second-order valence-corrected chi connectivity index (χ2v) is 7.95. The average Bonchev–Trinajstić information content (AvgIpc) is 3.09. The highest BCUT2D eigenvalue weighted by atomic mass is 19.1. The zero-order valence-corrected chi connectivity index (χ0v) is 18.3. The average molecular weight is 422 g/mol. The molecule has 0 spiro atoms. The molecule has 2 aromatic carbocycles. The zero-order valence-electron chi connectivity index (χ0n) is 18.3. The Morgan fingerprint density at radius 1 is 1.00 bits per heavy atom. The molecule has 2 heterocycles. The Kier molecular flexibility index (Phi) is 6.09. The highest BCUT2D eigenvalue weighted by Crippen LogP contribution is 2.28. The number of anilines is 1. The standard InChI is InChI=1S/C25H28FN3O2/c1-18-16-22(19(2)29(18)21-10-8-20(26)9-11-21)24(30)17-27-12-14-28(15-13-27)23-6-4-5-7-25(23)31-3/h4-11,16H,12-15,17H2,1-3H3. The van der Waals surface area contributed by atoms with Crippen molar-refractivity contribution < 1.29 is 13.9 Å². The van der Waals surface area contributed by atoms with Gasteiger partial charge in [0.1, 0.15) is 11.6 Å². The van der Waals surface area contributed by atoms with Crippen molar-refractivity contribution in [3.05, 3.63) is 77.4 Å². The maximum Gasteiger partial charge on any atom is 0.178 e. The van der Waals surface area contributed by atoms with Gasteiger partial charge in [-0.2, -0.15) is 0 Å². The molecule has 5 nitrogen and oxygen atoms in total. The lowest BCUT2D eigenvalue weighted by Crippen LogP contribution is -2.48. The number of aryl methyl sites for hydroxylation is 1. The summed E-state index contributed by atoms with van der Waals surface area (Å²) in [5, 5.41) is 0. The Labute approximate surface area is 182 Å². The molecule has 1 aliphatic heterocycles. The topological polar surface area (TPSA) is 37.7 Å². The molecule has 0 aliphatic carbocycles. The van der Waals surface area contributed by atoms with Crippen molar-refractivity contribution in [2.45, 2.75) is 13.8 Å². The van der Waals surface area contributed by atoms with Crippen molar-refractivity contribution in [2.24, 2.45) is 0 Å². The predicted molar refractivity (Wildman–Crippen MR) is 121 cm³/mol. The van der Waals surface area contributed by atoms with Crippen LogP contribution in [0.4, 0.5) is 10.1 Å². The number of methoxy groups -OCH3 is 1. The van der Waals surface area contributed by atoms with Gasteiger partial charge in [-0.25, -0.2) is 4.39 Å². The van der Waals surface area contributed by atoms with Crippen LogP contribution in [0, 0.1) is 19.7 Å². The molecule has 1 aromatic heterocycles. The van der Waals surface area contributed by atoms with E-state index in [1.54, 1.807) is 19.2 Å².